The molecule has 0 aliphatic rings. The van der Waals surface area contributed by atoms with E-state index in [2.05, 4.69) is 41.1 Å². The molecule has 4 nitrogen and oxygen atoms in total. The molecule has 1 N–H and O–H groups in total. The van der Waals surface area contributed by atoms with Gasteiger partial charge in [0.25, 0.3) is 0 Å². The second kappa shape index (κ2) is 10.7. The standard InChI is InChI=1S/C20H21BrCl2IN2O2.C2H6/c1-20(2,3)28-19(27)25-6-5-11-7-12(21)8-14-13-9-15(22)16(23)10-17(13)26(24-4)18(11)14;1-2/h7-10H,5-6H2,1-4H3,(H,25,27);1-2H3/q-1;. The van der Waals surface area contributed by atoms with Crippen LogP contribution in [-0.2, 0) is 11.2 Å². The Labute approximate surface area is 207 Å². The topological polar surface area (TPSA) is 43.3 Å². The van der Waals surface area contributed by atoms with E-state index < -0.39 is 11.7 Å². The summed E-state index contributed by atoms with van der Waals surface area (Å²) in [5, 5.41) is 6.18. The molecule has 3 aromatic rings. The van der Waals surface area contributed by atoms with Crippen molar-refractivity contribution in [2.45, 2.75) is 46.6 Å². The molecule has 3 rings (SSSR count). The van der Waals surface area contributed by atoms with Crippen molar-refractivity contribution in [2.24, 2.45) is 0 Å². The van der Waals surface area contributed by atoms with Gasteiger partial charge in [-0.2, -0.15) is 0 Å². The number of carbonyl (C=O) groups is 1. The number of fused-ring (bicyclic) bond motifs is 3. The number of hydrogen-bond acceptors (Lipinski definition) is 2. The summed E-state index contributed by atoms with van der Waals surface area (Å²) in [7, 11) is 0. The number of nitrogens with one attached hydrogen (secondary N) is 1. The summed E-state index contributed by atoms with van der Waals surface area (Å²) < 4.78 is 8.66. The van der Waals surface area contributed by atoms with Crippen molar-refractivity contribution in [3.05, 3.63) is 44.3 Å². The molecule has 0 aliphatic carbocycles. The Hall–Kier alpha value is -0.700. The summed E-state index contributed by atoms with van der Waals surface area (Å²) in [4.78, 5) is 14.2. The van der Waals surface area contributed by atoms with Crippen molar-refractivity contribution in [2.75, 3.05) is 11.5 Å². The molecule has 0 bridgehead atoms. The monoisotopic (exact) mass is 627 g/mol. The van der Waals surface area contributed by atoms with Crippen LogP contribution in [0.15, 0.2) is 28.7 Å². The van der Waals surface area contributed by atoms with Gasteiger partial charge < -0.3 is 0 Å². The van der Waals surface area contributed by atoms with Gasteiger partial charge in [-0.3, -0.25) is 0 Å². The fraction of sp³-hybridized carbons (Fsp3) is 0.409. The van der Waals surface area contributed by atoms with Crippen molar-refractivity contribution in [1.82, 2.24) is 8.10 Å². The Morgan fingerprint density at radius 3 is 2.37 bits per heavy atom. The van der Waals surface area contributed by atoms with E-state index in [1.807, 2.05) is 46.8 Å². The van der Waals surface area contributed by atoms with E-state index in [4.69, 9.17) is 27.9 Å². The number of benzene rings is 2. The number of hydrogen-bond donors (Lipinski definition) is 1. The summed E-state index contributed by atoms with van der Waals surface area (Å²) >= 11 is 15.9. The third-order valence-electron chi connectivity index (χ3n) is 4.12. The molecule has 0 spiro atoms. The molecule has 0 atom stereocenters. The van der Waals surface area contributed by atoms with Crippen molar-refractivity contribution in [3.63, 3.8) is 0 Å². The van der Waals surface area contributed by atoms with Crippen molar-refractivity contribution in [1.29, 1.82) is 0 Å². The number of carbonyl (C=O) groups excluding carboxylic acids is 1. The van der Waals surface area contributed by atoms with E-state index in [9.17, 15) is 4.79 Å². The number of rotatable bonds is 4. The van der Waals surface area contributed by atoms with Crippen LogP contribution >= 0.6 is 39.1 Å². The number of alkyl halides is 1. The Morgan fingerprint density at radius 1 is 1.13 bits per heavy atom. The fourth-order valence-corrected chi connectivity index (χ4v) is 5.91. The quantitative estimate of drug-likeness (QED) is 0.343. The molecule has 0 aliphatic heterocycles. The SMILES string of the molecule is CC.C[I-]n1c2cc(Cl)c(Cl)cc2c2cc(Br)cc(CCNC(=O)OC(C)(C)C)c21. The molecular formula is C22H27BrCl2IN2O2-. The van der Waals surface area contributed by atoms with Gasteiger partial charge in [0.2, 0.25) is 0 Å². The summed E-state index contributed by atoms with van der Waals surface area (Å²) in [6.45, 7) is 10.0. The average molecular weight is 629 g/mol. The van der Waals surface area contributed by atoms with Gasteiger partial charge in [0.1, 0.15) is 0 Å². The normalized spacial score (nSPS) is 11.5. The Bertz CT molecular complexity index is 1060. The van der Waals surface area contributed by atoms with Crippen LogP contribution in [0.2, 0.25) is 10.0 Å². The van der Waals surface area contributed by atoms with Gasteiger partial charge >= 0.3 is 195 Å². The number of alkyl carbamates (subject to hydrolysis) is 1. The Morgan fingerprint density at radius 2 is 1.77 bits per heavy atom. The molecule has 30 heavy (non-hydrogen) atoms. The molecular weight excluding hydrogens is 602 g/mol. The molecule has 1 amide bonds. The van der Waals surface area contributed by atoms with Crippen LogP contribution in [0.25, 0.3) is 21.8 Å². The fourth-order valence-electron chi connectivity index (χ4n) is 3.11. The van der Waals surface area contributed by atoms with E-state index in [0.717, 1.165) is 26.3 Å². The van der Waals surface area contributed by atoms with E-state index in [1.54, 1.807) is 0 Å². The predicted octanol–water partition coefficient (Wildman–Crippen LogP) is 4.44. The van der Waals surface area contributed by atoms with Gasteiger partial charge in [-0.25, -0.2) is 0 Å². The maximum atomic E-state index is 11.9. The number of ether oxygens (including phenoxy) is 1. The van der Waals surface area contributed by atoms with E-state index in [-0.39, 0.29) is 21.5 Å². The Balaban J connectivity index is 0.00000155. The zero-order chi connectivity index (χ0) is 22.6. The van der Waals surface area contributed by atoms with Crippen LogP contribution in [0, 0.1) is 0 Å². The molecule has 166 valence electrons. The molecule has 0 unspecified atom stereocenters. The molecule has 8 heteroatoms. The zero-order valence-corrected chi connectivity index (χ0v) is 23.3. The number of nitrogens with zero attached hydrogens (tertiary/aromatic N) is 1. The number of amides is 1. The third-order valence-corrected chi connectivity index (χ3v) is 7.27. The first kappa shape index (κ1) is 25.6. The van der Waals surface area contributed by atoms with Gasteiger partial charge in [0, 0.05) is 0 Å². The molecule has 2 aromatic carbocycles. The van der Waals surface area contributed by atoms with Crippen LogP contribution in [0.3, 0.4) is 0 Å². The summed E-state index contributed by atoms with van der Waals surface area (Å²) in [5.74, 6) is 0. The summed E-state index contributed by atoms with van der Waals surface area (Å²) in [6, 6.07) is 8.10. The Kier molecular flexibility index (Phi) is 9.16. The number of aromatic nitrogens is 1. The molecule has 0 saturated heterocycles. The van der Waals surface area contributed by atoms with Gasteiger partial charge in [-0.05, 0) is 0 Å². The summed E-state index contributed by atoms with van der Waals surface area (Å²) in [6.07, 6.45) is 0.289. The van der Waals surface area contributed by atoms with Crippen molar-refractivity contribution < 1.29 is 31.0 Å². The molecule has 1 heterocycles. The third kappa shape index (κ3) is 5.96. The minimum absolute atomic E-state index is 0.267. The first-order valence-electron chi connectivity index (χ1n) is 9.69. The van der Waals surface area contributed by atoms with Crippen LogP contribution < -0.4 is 26.8 Å². The van der Waals surface area contributed by atoms with Crippen molar-refractivity contribution in [3.8, 4) is 0 Å². The number of halogens is 4. The minimum atomic E-state index is -0.509. The predicted molar refractivity (Wildman–Crippen MR) is 128 cm³/mol. The summed E-state index contributed by atoms with van der Waals surface area (Å²) in [5.41, 5.74) is 2.92. The average Bonchev–Trinajstić information content (AvgIpc) is 2.95. The van der Waals surface area contributed by atoms with Gasteiger partial charge in [0.05, 0.1) is 0 Å². The first-order valence-corrected chi connectivity index (χ1v) is 14.4. The van der Waals surface area contributed by atoms with Crippen LogP contribution in [0.5, 0.6) is 0 Å². The van der Waals surface area contributed by atoms with Crippen LogP contribution in [-0.4, -0.2) is 26.0 Å². The maximum absolute atomic E-state index is 11.9. The van der Waals surface area contributed by atoms with Gasteiger partial charge in [-0.15, -0.1) is 0 Å². The van der Waals surface area contributed by atoms with Crippen LogP contribution in [0.1, 0.15) is 40.2 Å². The second-order valence-corrected chi connectivity index (χ2v) is 11.0. The van der Waals surface area contributed by atoms with Crippen LogP contribution in [0.4, 0.5) is 4.79 Å². The van der Waals surface area contributed by atoms with E-state index >= 15 is 0 Å². The van der Waals surface area contributed by atoms with Gasteiger partial charge in [0.15, 0.2) is 0 Å². The van der Waals surface area contributed by atoms with E-state index in [1.165, 1.54) is 5.52 Å². The molecule has 1 aromatic heterocycles. The first-order chi connectivity index (χ1) is 14.1. The molecule has 0 radical (unpaired) electrons. The molecule has 0 saturated carbocycles. The van der Waals surface area contributed by atoms with Crippen molar-refractivity contribution >= 4 is 67.0 Å². The molecule has 0 fully saturated rings. The second-order valence-electron chi connectivity index (χ2n) is 7.37. The van der Waals surface area contributed by atoms with Gasteiger partial charge in [-0.1, -0.05) is 13.8 Å². The van der Waals surface area contributed by atoms with E-state index in [0.29, 0.717) is 23.0 Å². The zero-order valence-electron chi connectivity index (χ0n) is 18.0.